The monoisotopic (exact) mass is 525 g/mol. The van der Waals surface area contributed by atoms with Crippen LogP contribution in [0.4, 0.5) is 34.5 Å². The minimum absolute atomic E-state index is 0.128. The standard InChI is InChI=1S/C28H27N7O4/c1-15-4-7-18(11-21(15)29)33-28-31-13-20(25(30-3)35-28)27(37)34-22-12-19(8-5-16(22)2)32-26(36)17-6-9-23-24(10-17)39-14-38-23/h4-13H,14,29H2,1-3H3,(H,32,36)(H,34,37)(H2,30,31,33,35). The van der Waals surface area contributed by atoms with Crippen LogP contribution in [-0.2, 0) is 0 Å². The van der Waals surface area contributed by atoms with Crippen molar-refractivity contribution in [2.24, 2.45) is 0 Å². The molecule has 0 radical (unpaired) electrons. The Labute approximate surface area is 224 Å². The van der Waals surface area contributed by atoms with Gasteiger partial charge in [0.25, 0.3) is 11.8 Å². The van der Waals surface area contributed by atoms with E-state index in [9.17, 15) is 9.59 Å². The Morgan fingerprint density at radius 1 is 0.872 bits per heavy atom. The van der Waals surface area contributed by atoms with Crippen molar-refractivity contribution < 1.29 is 19.1 Å². The molecule has 0 bridgehead atoms. The third kappa shape index (κ3) is 5.52. The van der Waals surface area contributed by atoms with Crippen LogP contribution in [0.2, 0.25) is 0 Å². The van der Waals surface area contributed by atoms with Crippen molar-refractivity contribution >= 4 is 46.3 Å². The van der Waals surface area contributed by atoms with E-state index in [0.29, 0.717) is 45.9 Å². The number of hydrogen-bond donors (Lipinski definition) is 5. The molecule has 2 heterocycles. The van der Waals surface area contributed by atoms with Crippen molar-refractivity contribution in [2.45, 2.75) is 13.8 Å². The van der Waals surface area contributed by atoms with Crippen LogP contribution in [0.5, 0.6) is 11.5 Å². The fraction of sp³-hybridized carbons (Fsp3) is 0.143. The van der Waals surface area contributed by atoms with Crippen LogP contribution in [0.1, 0.15) is 31.8 Å². The summed E-state index contributed by atoms with van der Waals surface area (Å²) >= 11 is 0. The fourth-order valence-electron chi connectivity index (χ4n) is 3.91. The average molecular weight is 526 g/mol. The molecular formula is C28H27N7O4. The Morgan fingerprint density at radius 2 is 1.64 bits per heavy atom. The van der Waals surface area contributed by atoms with Crippen molar-refractivity contribution in [1.82, 2.24) is 9.97 Å². The second-order valence-corrected chi connectivity index (χ2v) is 8.91. The number of carbonyl (C=O) groups excluding carboxylic acids is 2. The van der Waals surface area contributed by atoms with E-state index in [2.05, 4.69) is 31.2 Å². The van der Waals surface area contributed by atoms with Gasteiger partial charge in [0.2, 0.25) is 12.7 Å². The molecule has 6 N–H and O–H groups in total. The van der Waals surface area contributed by atoms with Crippen LogP contribution in [-0.4, -0.2) is 35.6 Å². The van der Waals surface area contributed by atoms with Gasteiger partial charge in [-0.1, -0.05) is 12.1 Å². The van der Waals surface area contributed by atoms with Gasteiger partial charge in [0.05, 0.1) is 0 Å². The Kier molecular flexibility index (Phi) is 6.87. The van der Waals surface area contributed by atoms with Gasteiger partial charge in [-0.05, 0) is 67.4 Å². The van der Waals surface area contributed by atoms with E-state index in [1.165, 1.54) is 6.20 Å². The lowest BCUT2D eigenvalue weighted by atomic mass is 10.1. The number of nitrogens with two attached hydrogens (primary N) is 1. The first-order valence-electron chi connectivity index (χ1n) is 12.1. The minimum Gasteiger partial charge on any atom is -0.454 e. The van der Waals surface area contributed by atoms with Gasteiger partial charge >= 0.3 is 0 Å². The van der Waals surface area contributed by atoms with Crippen LogP contribution >= 0.6 is 0 Å². The molecule has 0 atom stereocenters. The van der Waals surface area contributed by atoms with Crippen LogP contribution < -0.4 is 36.5 Å². The summed E-state index contributed by atoms with van der Waals surface area (Å²) in [6.45, 7) is 3.91. The Hall–Kier alpha value is -5.32. The predicted octanol–water partition coefficient (Wildman–Crippen LogP) is 4.69. The van der Waals surface area contributed by atoms with Crippen molar-refractivity contribution in [3.05, 3.63) is 83.0 Å². The molecule has 11 heteroatoms. The maximum absolute atomic E-state index is 13.2. The van der Waals surface area contributed by atoms with Crippen LogP contribution in [0.25, 0.3) is 0 Å². The summed E-state index contributed by atoms with van der Waals surface area (Å²) in [7, 11) is 1.67. The number of aromatic nitrogens is 2. The number of rotatable bonds is 7. The van der Waals surface area contributed by atoms with E-state index in [1.54, 1.807) is 49.5 Å². The summed E-state index contributed by atoms with van der Waals surface area (Å²) < 4.78 is 10.6. The molecular weight excluding hydrogens is 498 g/mol. The number of hydrogen-bond acceptors (Lipinski definition) is 9. The number of nitrogen functional groups attached to an aromatic ring is 1. The maximum Gasteiger partial charge on any atom is 0.261 e. The second-order valence-electron chi connectivity index (χ2n) is 8.91. The van der Waals surface area contributed by atoms with Gasteiger partial charge < -0.3 is 36.5 Å². The lowest BCUT2D eigenvalue weighted by molar-refractivity contribution is 0.101. The zero-order valence-electron chi connectivity index (χ0n) is 21.6. The molecule has 1 aromatic heterocycles. The highest BCUT2D eigenvalue weighted by atomic mass is 16.7. The van der Waals surface area contributed by atoms with E-state index >= 15 is 0 Å². The molecule has 0 saturated carbocycles. The molecule has 0 aliphatic carbocycles. The minimum atomic E-state index is -0.409. The quantitative estimate of drug-likeness (QED) is 0.216. The third-order valence-electron chi connectivity index (χ3n) is 6.18. The van der Waals surface area contributed by atoms with E-state index in [-0.39, 0.29) is 18.3 Å². The van der Waals surface area contributed by atoms with Crippen molar-refractivity contribution in [1.29, 1.82) is 0 Å². The number of anilines is 6. The number of aryl methyl sites for hydroxylation is 2. The van der Waals surface area contributed by atoms with Gasteiger partial charge in [-0.2, -0.15) is 4.98 Å². The van der Waals surface area contributed by atoms with E-state index in [1.807, 2.05) is 26.0 Å². The normalized spacial score (nSPS) is 11.6. The van der Waals surface area contributed by atoms with Crippen LogP contribution in [0.3, 0.4) is 0 Å². The topological polar surface area (TPSA) is 153 Å². The Balaban J connectivity index is 1.30. The first-order chi connectivity index (χ1) is 18.8. The molecule has 2 amide bonds. The van der Waals surface area contributed by atoms with Crippen molar-refractivity contribution in [2.75, 3.05) is 40.8 Å². The lowest BCUT2D eigenvalue weighted by Crippen LogP contribution is -2.17. The number of amides is 2. The smallest absolute Gasteiger partial charge is 0.261 e. The molecule has 1 aliphatic heterocycles. The summed E-state index contributed by atoms with van der Waals surface area (Å²) in [6.07, 6.45) is 1.44. The third-order valence-corrected chi connectivity index (χ3v) is 6.18. The molecule has 5 rings (SSSR count). The average Bonchev–Trinajstić information content (AvgIpc) is 3.40. The maximum atomic E-state index is 13.2. The molecule has 0 unspecified atom stereocenters. The second kappa shape index (κ2) is 10.6. The molecule has 3 aromatic carbocycles. The SMILES string of the molecule is CNc1nc(Nc2ccc(C)c(N)c2)ncc1C(=O)Nc1cc(NC(=O)c2ccc3c(c2)OCO3)ccc1C. The van der Waals surface area contributed by atoms with Gasteiger partial charge in [0, 0.05) is 41.6 Å². The van der Waals surface area contributed by atoms with Gasteiger partial charge in [0.1, 0.15) is 11.4 Å². The van der Waals surface area contributed by atoms with E-state index in [4.69, 9.17) is 15.2 Å². The first kappa shape index (κ1) is 25.3. The molecule has 198 valence electrons. The van der Waals surface area contributed by atoms with Gasteiger partial charge in [0.15, 0.2) is 11.5 Å². The zero-order chi connectivity index (χ0) is 27.5. The molecule has 4 aromatic rings. The number of ether oxygens (including phenoxy) is 2. The number of benzene rings is 3. The van der Waals surface area contributed by atoms with Crippen LogP contribution in [0.15, 0.2) is 60.8 Å². The highest BCUT2D eigenvalue weighted by molar-refractivity contribution is 6.09. The van der Waals surface area contributed by atoms with E-state index < -0.39 is 5.91 Å². The Bertz CT molecular complexity index is 1590. The molecule has 0 saturated heterocycles. The zero-order valence-corrected chi connectivity index (χ0v) is 21.6. The number of nitrogens with zero attached hydrogens (tertiary/aromatic N) is 2. The summed E-state index contributed by atoms with van der Waals surface area (Å²) in [6, 6.07) is 15.8. The fourth-order valence-corrected chi connectivity index (χ4v) is 3.91. The highest BCUT2D eigenvalue weighted by Gasteiger charge is 2.18. The van der Waals surface area contributed by atoms with Crippen molar-refractivity contribution in [3.8, 4) is 11.5 Å². The summed E-state index contributed by atoms with van der Waals surface area (Å²) in [5.41, 5.74) is 10.9. The summed E-state index contributed by atoms with van der Waals surface area (Å²) in [4.78, 5) is 34.7. The largest absolute Gasteiger partial charge is 0.454 e. The predicted molar refractivity (Wildman–Crippen MR) is 150 cm³/mol. The summed E-state index contributed by atoms with van der Waals surface area (Å²) in [5, 5.41) is 11.8. The number of nitrogens with one attached hydrogen (secondary N) is 4. The van der Waals surface area contributed by atoms with Gasteiger partial charge in [-0.3, -0.25) is 9.59 Å². The lowest BCUT2D eigenvalue weighted by Gasteiger charge is -2.14. The molecule has 0 spiro atoms. The first-order valence-corrected chi connectivity index (χ1v) is 12.1. The molecule has 11 nitrogen and oxygen atoms in total. The summed E-state index contributed by atoms with van der Waals surface area (Å²) in [5.74, 6) is 1.04. The Morgan fingerprint density at radius 3 is 2.44 bits per heavy atom. The number of carbonyl (C=O) groups is 2. The van der Waals surface area contributed by atoms with Gasteiger partial charge in [-0.15, -0.1) is 0 Å². The van der Waals surface area contributed by atoms with Crippen molar-refractivity contribution in [3.63, 3.8) is 0 Å². The van der Waals surface area contributed by atoms with Crippen LogP contribution in [0, 0.1) is 13.8 Å². The van der Waals surface area contributed by atoms with Gasteiger partial charge in [-0.25, -0.2) is 4.98 Å². The molecule has 1 aliphatic rings. The highest BCUT2D eigenvalue weighted by Crippen LogP contribution is 2.33. The molecule has 0 fully saturated rings. The van der Waals surface area contributed by atoms with E-state index in [0.717, 1.165) is 16.8 Å². The molecule has 39 heavy (non-hydrogen) atoms. The number of fused-ring (bicyclic) bond motifs is 1.